The minimum absolute atomic E-state index is 0.0273. The Morgan fingerprint density at radius 3 is 1.65 bits per heavy atom. The van der Waals surface area contributed by atoms with E-state index in [1.807, 2.05) is 12.3 Å². The summed E-state index contributed by atoms with van der Waals surface area (Å²) >= 11 is 0. The first-order valence-electron chi connectivity index (χ1n) is 18.0. The van der Waals surface area contributed by atoms with Gasteiger partial charge in [-0.05, 0) is 118 Å². The van der Waals surface area contributed by atoms with E-state index in [0.717, 1.165) is 17.6 Å². The predicted octanol–water partition coefficient (Wildman–Crippen LogP) is 13.2. The average molecular weight is 667 g/mol. The van der Waals surface area contributed by atoms with Gasteiger partial charge in [0.2, 0.25) is 0 Å². The van der Waals surface area contributed by atoms with E-state index in [9.17, 15) is 0 Å². The van der Waals surface area contributed by atoms with E-state index < -0.39 is 0 Å². The predicted molar refractivity (Wildman–Crippen MR) is 219 cm³/mol. The van der Waals surface area contributed by atoms with Gasteiger partial charge in [-0.1, -0.05) is 140 Å². The molecule has 1 aromatic heterocycles. The molecule has 1 unspecified atom stereocenters. The lowest BCUT2D eigenvalue weighted by Crippen LogP contribution is -2.26. The van der Waals surface area contributed by atoms with Crippen molar-refractivity contribution in [2.45, 2.75) is 19.4 Å². The van der Waals surface area contributed by atoms with Gasteiger partial charge in [-0.2, -0.15) is 0 Å². The highest BCUT2D eigenvalue weighted by atomic mass is 15.2. The smallest absolute Gasteiger partial charge is 0.0799 e. The molecule has 0 amide bonds. The molecule has 0 radical (unpaired) electrons. The lowest BCUT2D eigenvalue weighted by Gasteiger charge is -2.36. The maximum atomic E-state index is 4.95. The Bertz CT molecular complexity index is 2480. The van der Waals surface area contributed by atoms with Gasteiger partial charge in [-0.25, -0.2) is 0 Å². The number of pyridine rings is 1. The van der Waals surface area contributed by atoms with Gasteiger partial charge in [0.25, 0.3) is 0 Å². The summed E-state index contributed by atoms with van der Waals surface area (Å²) in [5.74, 6) is 0. The van der Waals surface area contributed by atoms with Crippen LogP contribution < -0.4 is 4.90 Å². The first-order chi connectivity index (χ1) is 25.7. The maximum absolute atomic E-state index is 4.95. The molecule has 2 heteroatoms. The van der Waals surface area contributed by atoms with Gasteiger partial charge in [0.1, 0.15) is 0 Å². The first-order valence-corrected chi connectivity index (χ1v) is 18.0. The van der Waals surface area contributed by atoms with Crippen LogP contribution in [0.2, 0.25) is 0 Å². The van der Waals surface area contributed by atoms with Gasteiger partial charge in [-0.3, -0.25) is 4.98 Å². The molecule has 7 aromatic carbocycles. The second-order valence-corrected chi connectivity index (χ2v) is 13.6. The molecule has 0 aliphatic heterocycles. The summed E-state index contributed by atoms with van der Waals surface area (Å²) in [6, 6.07) is 63.6. The Morgan fingerprint density at radius 2 is 1.06 bits per heavy atom. The van der Waals surface area contributed by atoms with Gasteiger partial charge >= 0.3 is 0 Å². The van der Waals surface area contributed by atoms with Crippen LogP contribution in [0.15, 0.2) is 194 Å². The van der Waals surface area contributed by atoms with Crippen molar-refractivity contribution in [3.05, 3.63) is 211 Å². The third-order valence-electron chi connectivity index (χ3n) is 10.3. The molecule has 2 nitrogen and oxygen atoms in total. The van der Waals surface area contributed by atoms with Crippen LogP contribution in [0.1, 0.15) is 22.7 Å². The summed E-state index contributed by atoms with van der Waals surface area (Å²) in [5.41, 5.74) is 16.9. The third kappa shape index (κ3) is 5.99. The summed E-state index contributed by atoms with van der Waals surface area (Å²) < 4.78 is 0. The maximum Gasteiger partial charge on any atom is 0.0799 e. The zero-order valence-electron chi connectivity index (χ0n) is 29.2. The molecule has 0 spiro atoms. The van der Waals surface area contributed by atoms with Crippen molar-refractivity contribution in [3.63, 3.8) is 0 Å². The van der Waals surface area contributed by atoms with Crippen molar-refractivity contribution in [1.29, 1.82) is 0 Å². The Morgan fingerprint density at radius 1 is 0.500 bits per heavy atom. The van der Waals surface area contributed by atoms with Crippen LogP contribution in [0, 0.1) is 6.92 Å². The largest absolute Gasteiger partial charge is 0.330 e. The molecule has 52 heavy (non-hydrogen) atoms. The molecule has 0 saturated carbocycles. The number of allylic oxidation sites excluding steroid dienone is 1. The Kier molecular flexibility index (Phi) is 8.27. The molecule has 1 heterocycles. The fourth-order valence-corrected chi connectivity index (χ4v) is 7.74. The van der Waals surface area contributed by atoms with Crippen molar-refractivity contribution in [2.24, 2.45) is 0 Å². The monoisotopic (exact) mass is 666 g/mol. The summed E-state index contributed by atoms with van der Waals surface area (Å²) in [6.45, 7) is 2.23. The molecular formula is C50H38N2. The highest BCUT2D eigenvalue weighted by molar-refractivity contribution is 5.87. The zero-order valence-corrected chi connectivity index (χ0v) is 29.2. The lowest BCUT2D eigenvalue weighted by atomic mass is 9.88. The summed E-state index contributed by atoms with van der Waals surface area (Å²) in [5, 5.41) is 1.17. The molecular weight excluding hydrogens is 629 g/mol. The van der Waals surface area contributed by atoms with E-state index in [2.05, 4.69) is 194 Å². The van der Waals surface area contributed by atoms with E-state index >= 15 is 0 Å². The van der Waals surface area contributed by atoms with Crippen LogP contribution in [0.5, 0.6) is 0 Å². The summed E-state index contributed by atoms with van der Waals surface area (Å²) in [6.07, 6.45) is 7.50. The molecule has 0 bridgehead atoms. The number of fused-ring (bicyclic) bond motifs is 3. The standard InChI is InChI=1S/C50H38N2/c1-35-31-42(36-13-5-2-6-14-36)26-29-47(35)52(48-21-11-19-40-22-23-41-20-12-30-51-50(41)49(40)48)46-27-24-39(25-28-46)45-33-43(37-15-7-3-8-16-37)32-44(34-45)38-17-9-4-10-18-38/h2-18,20-34,48H,19H2,1H3. The minimum Gasteiger partial charge on any atom is -0.330 e. The number of hydrogen-bond acceptors (Lipinski definition) is 2. The number of rotatable bonds is 7. The molecule has 1 atom stereocenters. The van der Waals surface area contributed by atoms with Crippen molar-refractivity contribution < 1.29 is 0 Å². The Hall–Kier alpha value is -6.51. The quantitative estimate of drug-likeness (QED) is 0.157. The number of hydrogen-bond donors (Lipinski definition) is 0. The van der Waals surface area contributed by atoms with E-state index in [1.165, 1.54) is 72.3 Å². The van der Waals surface area contributed by atoms with Crippen LogP contribution in [0.3, 0.4) is 0 Å². The molecule has 1 aliphatic rings. The fourth-order valence-electron chi connectivity index (χ4n) is 7.74. The molecule has 0 saturated heterocycles. The van der Waals surface area contributed by atoms with Crippen molar-refractivity contribution in [2.75, 3.05) is 4.90 Å². The van der Waals surface area contributed by atoms with Crippen LogP contribution >= 0.6 is 0 Å². The molecule has 0 fully saturated rings. The van der Waals surface area contributed by atoms with Crippen LogP contribution in [0.25, 0.3) is 55.4 Å². The molecule has 8 aromatic rings. The van der Waals surface area contributed by atoms with Crippen molar-refractivity contribution in [3.8, 4) is 44.5 Å². The molecule has 0 N–H and O–H groups in total. The highest BCUT2D eigenvalue weighted by Gasteiger charge is 2.28. The average Bonchev–Trinajstić information content (AvgIpc) is 3.22. The lowest BCUT2D eigenvalue weighted by molar-refractivity contribution is 0.821. The molecule has 248 valence electrons. The van der Waals surface area contributed by atoms with E-state index in [4.69, 9.17) is 4.98 Å². The molecule has 9 rings (SSSR count). The molecule has 1 aliphatic carbocycles. The second kappa shape index (κ2) is 13.7. The van der Waals surface area contributed by atoms with Gasteiger partial charge in [0, 0.05) is 28.5 Å². The van der Waals surface area contributed by atoms with Crippen LogP contribution in [-0.2, 0) is 6.42 Å². The third-order valence-corrected chi connectivity index (χ3v) is 10.3. The normalized spacial score (nSPS) is 13.5. The zero-order chi connectivity index (χ0) is 34.9. The highest BCUT2D eigenvalue weighted by Crippen LogP contribution is 2.44. The van der Waals surface area contributed by atoms with Crippen LogP contribution in [-0.4, -0.2) is 4.98 Å². The topological polar surface area (TPSA) is 16.1 Å². The van der Waals surface area contributed by atoms with Gasteiger partial charge < -0.3 is 4.90 Å². The summed E-state index contributed by atoms with van der Waals surface area (Å²) in [4.78, 5) is 7.46. The Balaban J connectivity index is 1.18. The van der Waals surface area contributed by atoms with E-state index in [0.29, 0.717) is 0 Å². The van der Waals surface area contributed by atoms with Gasteiger partial charge in [0.05, 0.1) is 11.6 Å². The fraction of sp³-hybridized carbons (Fsp3) is 0.0600. The van der Waals surface area contributed by atoms with E-state index in [-0.39, 0.29) is 6.04 Å². The number of benzene rings is 7. The van der Waals surface area contributed by atoms with Crippen molar-refractivity contribution in [1.82, 2.24) is 4.98 Å². The summed E-state index contributed by atoms with van der Waals surface area (Å²) in [7, 11) is 0. The first kappa shape index (κ1) is 31.5. The SMILES string of the molecule is Cc1cc(-c2ccccc2)ccc1N(c1ccc(-c2cc(-c3ccccc3)cc(-c3ccccc3)c2)cc1)C1C=CCc2ccc3cccnc3c21. The minimum atomic E-state index is -0.0273. The number of nitrogens with zero attached hydrogens (tertiary/aromatic N) is 2. The number of aromatic nitrogens is 1. The van der Waals surface area contributed by atoms with Gasteiger partial charge in [0.15, 0.2) is 0 Å². The number of aryl methyl sites for hydroxylation is 1. The van der Waals surface area contributed by atoms with Crippen LogP contribution in [0.4, 0.5) is 11.4 Å². The van der Waals surface area contributed by atoms with Crippen molar-refractivity contribution >= 4 is 22.3 Å². The van der Waals surface area contributed by atoms with E-state index in [1.54, 1.807) is 0 Å². The Labute approximate surface area is 306 Å². The number of anilines is 2. The second-order valence-electron chi connectivity index (χ2n) is 13.6. The van der Waals surface area contributed by atoms with Gasteiger partial charge in [-0.15, -0.1) is 0 Å².